The number of aromatic nitrogens is 4. The van der Waals surface area contributed by atoms with E-state index in [0.29, 0.717) is 5.56 Å². The molecule has 0 saturated heterocycles. The van der Waals surface area contributed by atoms with E-state index in [4.69, 9.17) is 5.26 Å². The molecule has 3 heterocycles. The number of pyridine rings is 1. The summed E-state index contributed by atoms with van der Waals surface area (Å²) in [4.78, 5) is 40.6. The minimum atomic E-state index is -0.690. The normalized spacial score (nSPS) is 10.9. The van der Waals surface area contributed by atoms with Crippen molar-refractivity contribution in [3.8, 4) is 6.07 Å². The van der Waals surface area contributed by atoms with Gasteiger partial charge in [0.1, 0.15) is 11.0 Å². The molecular formula is C13H9N5O3. The van der Waals surface area contributed by atoms with Crippen molar-refractivity contribution in [2.45, 2.75) is 0 Å². The minimum Gasteiger partial charge on any atom is -0.280 e. The topological polar surface area (TPSA) is 102 Å². The fourth-order valence-electron chi connectivity index (χ4n) is 2.20. The van der Waals surface area contributed by atoms with Gasteiger partial charge in [-0.2, -0.15) is 5.26 Å². The first-order valence-corrected chi connectivity index (χ1v) is 5.98. The summed E-state index contributed by atoms with van der Waals surface area (Å²) in [5.74, 6) is 0. The maximum Gasteiger partial charge on any atom is 0.332 e. The van der Waals surface area contributed by atoms with Crippen molar-refractivity contribution < 1.29 is 0 Å². The lowest BCUT2D eigenvalue weighted by molar-refractivity contribution is 0.705. The van der Waals surface area contributed by atoms with Gasteiger partial charge in [0.05, 0.1) is 11.6 Å². The zero-order valence-electron chi connectivity index (χ0n) is 11.2. The Morgan fingerprint density at radius 3 is 2.52 bits per heavy atom. The zero-order chi connectivity index (χ0) is 15.3. The lowest BCUT2D eigenvalue weighted by Crippen LogP contribution is -2.40. The highest BCUT2D eigenvalue weighted by molar-refractivity contribution is 5.75. The molecule has 0 aromatic carbocycles. The first kappa shape index (κ1) is 12.8. The molecule has 3 aromatic rings. The lowest BCUT2D eigenvalue weighted by Gasteiger charge is -2.08. The highest BCUT2D eigenvalue weighted by Crippen LogP contribution is 2.06. The van der Waals surface area contributed by atoms with Crippen LogP contribution in [-0.2, 0) is 14.1 Å². The molecule has 8 nitrogen and oxygen atoms in total. The van der Waals surface area contributed by atoms with E-state index in [2.05, 4.69) is 4.98 Å². The van der Waals surface area contributed by atoms with Crippen LogP contribution in [0.4, 0.5) is 0 Å². The van der Waals surface area contributed by atoms with E-state index in [0.717, 1.165) is 9.13 Å². The summed E-state index contributed by atoms with van der Waals surface area (Å²) in [6.45, 7) is 0. The quantitative estimate of drug-likeness (QED) is 0.498. The molecule has 0 aliphatic rings. The van der Waals surface area contributed by atoms with Crippen molar-refractivity contribution >= 4 is 16.7 Å². The van der Waals surface area contributed by atoms with Crippen molar-refractivity contribution in [2.24, 2.45) is 14.1 Å². The monoisotopic (exact) mass is 283 g/mol. The second kappa shape index (κ2) is 4.14. The number of nitrogens with zero attached hydrogens (tertiary/aromatic N) is 5. The summed E-state index contributed by atoms with van der Waals surface area (Å²) in [7, 11) is 2.73. The molecule has 0 aliphatic carbocycles. The first-order valence-electron chi connectivity index (χ1n) is 5.98. The predicted molar refractivity (Wildman–Crippen MR) is 74.2 cm³/mol. The van der Waals surface area contributed by atoms with Gasteiger partial charge in [-0.1, -0.05) is 0 Å². The van der Waals surface area contributed by atoms with Gasteiger partial charge in [0, 0.05) is 20.3 Å². The molecule has 0 amide bonds. The molecule has 0 aliphatic heterocycles. The second-order valence-electron chi connectivity index (χ2n) is 4.58. The van der Waals surface area contributed by atoms with Gasteiger partial charge in [-0.05, 0) is 12.1 Å². The predicted octanol–water partition coefficient (Wildman–Crippen LogP) is -0.883. The zero-order valence-corrected chi connectivity index (χ0v) is 11.2. The summed E-state index contributed by atoms with van der Waals surface area (Å²) < 4.78 is 3.17. The van der Waals surface area contributed by atoms with E-state index in [9.17, 15) is 14.4 Å². The number of fused-ring (bicyclic) bond motifs is 2. The largest absolute Gasteiger partial charge is 0.332 e. The lowest BCUT2D eigenvalue weighted by atomic mass is 10.3. The van der Waals surface area contributed by atoms with Gasteiger partial charge in [-0.15, -0.1) is 0 Å². The molecule has 0 radical (unpaired) electrons. The Bertz CT molecular complexity index is 1130. The number of nitriles is 1. The van der Waals surface area contributed by atoms with Crippen LogP contribution in [0.15, 0.2) is 32.7 Å². The Balaban J connectivity index is 2.71. The van der Waals surface area contributed by atoms with Crippen LogP contribution >= 0.6 is 0 Å². The van der Waals surface area contributed by atoms with E-state index in [1.165, 1.54) is 36.8 Å². The van der Waals surface area contributed by atoms with Crippen molar-refractivity contribution in [1.82, 2.24) is 18.5 Å². The molecule has 3 aromatic heterocycles. The second-order valence-corrected chi connectivity index (χ2v) is 4.58. The standard InChI is InChI=1S/C13H9N5O3/c1-16-10-9(11(19)17(2)13(16)21)12(20)18-4-3-7(6-14)5-8(18)15-10/h3-5H,1-2H3. The van der Waals surface area contributed by atoms with Crippen LogP contribution in [0.3, 0.4) is 0 Å². The van der Waals surface area contributed by atoms with Gasteiger partial charge in [-0.3, -0.25) is 23.1 Å². The Hall–Kier alpha value is -3.21. The van der Waals surface area contributed by atoms with Crippen LogP contribution in [0.1, 0.15) is 5.56 Å². The van der Waals surface area contributed by atoms with Gasteiger partial charge >= 0.3 is 5.69 Å². The number of hydrogen-bond acceptors (Lipinski definition) is 5. The van der Waals surface area contributed by atoms with Crippen LogP contribution in [0, 0.1) is 11.3 Å². The van der Waals surface area contributed by atoms with Gasteiger partial charge in [-0.25, -0.2) is 9.78 Å². The fourth-order valence-corrected chi connectivity index (χ4v) is 2.20. The van der Waals surface area contributed by atoms with E-state index in [-0.39, 0.29) is 16.7 Å². The summed E-state index contributed by atoms with van der Waals surface area (Å²) in [5, 5.41) is 8.72. The summed E-state index contributed by atoms with van der Waals surface area (Å²) >= 11 is 0. The van der Waals surface area contributed by atoms with Gasteiger partial charge in [0.25, 0.3) is 11.1 Å². The number of hydrogen-bond donors (Lipinski definition) is 0. The average Bonchev–Trinajstić information content (AvgIpc) is 2.50. The first-order chi connectivity index (χ1) is 9.95. The Kier molecular flexibility index (Phi) is 2.53. The molecule has 0 fully saturated rings. The van der Waals surface area contributed by atoms with Crippen molar-refractivity contribution in [3.05, 3.63) is 55.1 Å². The van der Waals surface area contributed by atoms with Crippen molar-refractivity contribution in [3.63, 3.8) is 0 Å². The minimum absolute atomic E-state index is 0.00295. The number of aryl methyl sites for hydroxylation is 1. The van der Waals surface area contributed by atoms with Crippen LogP contribution in [-0.4, -0.2) is 18.5 Å². The molecule has 0 unspecified atom stereocenters. The van der Waals surface area contributed by atoms with E-state index >= 15 is 0 Å². The summed E-state index contributed by atoms with van der Waals surface area (Å²) in [6.07, 6.45) is 1.38. The molecule has 0 spiro atoms. The SMILES string of the molecule is Cn1c(=O)c2c(=O)n3ccc(C#N)cc3nc2n(C)c1=O. The third-order valence-electron chi connectivity index (χ3n) is 3.35. The van der Waals surface area contributed by atoms with Gasteiger partial charge in [0.15, 0.2) is 5.65 Å². The van der Waals surface area contributed by atoms with Crippen molar-refractivity contribution in [2.75, 3.05) is 0 Å². The molecule has 21 heavy (non-hydrogen) atoms. The summed E-state index contributed by atoms with van der Waals surface area (Å²) in [6, 6.07) is 4.82. The maximum atomic E-state index is 12.4. The fraction of sp³-hybridized carbons (Fsp3) is 0.154. The Morgan fingerprint density at radius 1 is 1.14 bits per heavy atom. The molecule has 8 heteroatoms. The van der Waals surface area contributed by atoms with Gasteiger partial charge in [0.2, 0.25) is 0 Å². The Labute approximate surface area is 116 Å². The highest BCUT2D eigenvalue weighted by Gasteiger charge is 2.15. The van der Waals surface area contributed by atoms with Crippen LogP contribution in [0.2, 0.25) is 0 Å². The van der Waals surface area contributed by atoms with E-state index < -0.39 is 16.8 Å². The number of rotatable bonds is 0. The summed E-state index contributed by atoms with van der Waals surface area (Å²) in [5.41, 5.74) is -1.30. The van der Waals surface area contributed by atoms with E-state index in [1.54, 1.807) is 0 Å². The van der Waals surface area contributed by atoms with Crippen molar-refractivity contribution in [1.29, 1.82) is 5.26 Å². The van der Waals surface area contributed by atoms with Gasteiger partial charge < -0.3 is 0 Å². The van der Waals surface area contributed by atoms with Crippen LogP contribution in [0.25, 0.3) is 16.7 Å². The maximum absolute atomic E-state index is 12.4. The molecule has 0 N–H and O–H groups in total. The smallest absolute Gasteiger partial charge is 0.280 e. The highest BCUT2D eigenvalue weighted by atomic mass is 16.2. The molecular weight excluding hydrogens is 274 g/mol. The molecule has 3 rings (SSSR count). The molecule has 0 atom stereocenters. The molecule has 104 valence electrons. The average molecular weight is 283 g/mol. The Morgan fingerprint density at radius 2 is 1.86 bits per heavy atom. The molecule has 0 saturated carbocycles. The third-order valence-corrected chi connectivity index (χ3v) is 3.35. The van der Waals surface area contributed by atoms with Crippen LogP contribution < -0.4 is 16.8 Å². The molecule has 0 bridgehead atoms. The van der Waals surface area contributed by atoms with E-state index in [1.807, 2.05) is 6.07 Å². The third kappa shape index (κ3) is 1.61. The van der Waals surface area contributed by atoms with Crippen LogP contribution in [0.5, 0.6) is 0 Å².